The van der Waals surface area contributed by atoms with Crippen LogP contribution in [0.15, 0.2) is 18.2 Å². The largest absolute Gasteiger partial charge is 0.382 e. The number of nitrogens with one attached hydrogen (secondary N) is 1. The normalized spacial score (nSPS) is 25.5. The fourth-order valence-electron chi connectivity index (χ4n) is 2.35. The van der Waals surface area contributed by atoms with Gasteiger partial charge >= 0.3 is 0 Å². The first-order valence-corrected chi connectivity index (χ1v) is 6.05. The lowest BCUT2D eigenvalue weighted by Crippen LogP contribution is -2.15. The number of hydrogen-bond acceptors (Lipinski definition) is 1. The topological polar surface area (TPSA) is 12.0 Å². The maximum Gasteiger partial charge on any atom is 0.0410 e. The Morgan fingerprint density at radius 1 is 1.33 bits per heavy atom. The summed E-state index contributed by atoms with van der Waals surface area (Å²) in [6.45, 7) is 4.43. The van der Waals surface area contributed by atoms with E-state index in [0.29, 0.717) is 6.04 Å². The molecule has 0 heterocycles. The Kier molecular flexibility index (Phi) is 3.20. The van der Waals surface area contributed by atoms with Gasteiger partial charge in [-0.05, 0) is 55.9 Å². The van der Waals surface area contributed by atoms with Crippen LogP contribution in [-0.4, -0.2) is 6.04 Å². The molecule has 82 valence electrons. The Balaban J connectivity index is 2.04. The molecular formula is C13H18ClN. The number of halogens is 1. The predicted octanol–water partition coefficient (Wildman–Crippen LogP) is 4.25. The summed E-state index contributed by atoms with van der Waals surface area (Å²) in [5.74, 6) is 0.870. The van der Waals surface area contributed by atoms with E-state index in [-0.39, 0.29) is 0 Å². The average molecular weight is 224 g/mol. The third kappa shape index (κ3) is 2.66. The lowest BCUT2D eigenvalue weighted by molar-refractivity contribution is 0.602. The Bertz CT molecular complexity index is 348. The van der Waals surface area contributed by atoms with Gasteiger partial charge in [0.2, 0.25) is 0 Å². The number of rotatable bonds is 2. The molecular weight excluding hydrogens is 206 g/mol. The van der Waals surface area contributed by atoms with E-state index in [1.807, 2.05) is 12.1 Å². The smallest absolute Gasteiger partial charge is 0.0410 e. The highest BCUT2D eigenvalue weighted by Gasteiger charge is 2.21. The van der Waals surface area contributed by atoms with Crippen molar-refractivity contribution in [2.45, 2.75) is 39.2 Å². The molecule has 0 amide bonds. The van der Waals surface area contributed by atoms with Crippen molar-refractivity contribution in [3.05, 3.63) is 28.8 Å². The van der Waals surface area contributed by atoms with Crippen molar-refractivity contribution in [3.8, 4) is 0 Å². The standard InChI is InChI=1S/C13H18ClN/c1-9-3-5-12(7-9)15-13-6-4-11(14)8-10(13)2/h4,6,8-9,12,15H,3,5,7H2,1-2H3. The minimum Gasteiger partial charge on any atom is -0.382 e. The van der Waals surface area contributed by atoms with Crippen molar-refractivity contribution >= 4 is 17.3 Å². The molecule has 1 nitrogen and oxygen atoms in total. The second kappa shape index (κ2) is 4.44. The zero-order valence-corrected chi connectivity index (χ0v) is 10.1. The van der Waals surface area contributed by atoms with E-state index in [1.54, 1.807) is 0 Å². The van der Waals surface area contributed by atoms with Gasteiger partial charge in [-0.1, -0.05) is 18.5 Å². The second-order valence-corrected chi connectivity index (χ2v) is 5.16. The van der Waals surface area contributed by atoms with Crippen LogP contribution in [0.2, 0.25) is 5.02 Å². The number of aryl methyl sites for hydroxylation is 1. The fourth-order valence-corrected chi connectivity index (χ4v) is 2.57. The molecule has 0 saturated heterocycles. The summed E-state index contributed by atoms with van der Waals surface area (Å²) in [6, 6.07) is 6.71. The minimum atomic E-state index is 0.653. The van der Waals surface area contributed by atoms with Crippen molar-refractivity contribution < 1.29 is 0 Å². The highest BCUT2D eigenvalue weighted by molar-refractivity contribution is 6.30. The zero-order valence-electron chi connectivity index (χ0n) is 9.39. The predicted molar refractivity (Wildman–Crippen MR) is 66.6 cm³/mol. The third-order valence-electron chi connectivity index (χ3n) is 3.24. The zero-order chi connectivity index (χ0) is 10.8. The molecule has 0 bridgehead atoms. The molecule has 2 unspecified atom stereocenters. The maximum atomic E-state index is 5.93. The summed E-state index contributed by atoms with van der Waals surface area (Å²) in [6.07, 6.45) is 3.94. The van der Waals surface area contributed by atoms with Crippen molar-refractivity contribution in [2.75, 3.05) is 5.32 Å². The monoisotopic (exact) mass is 223 g/mol. The Morgan fingerprint density at radius 3 is 2.73 bits per heavy atom. The Hall–Kier alpha value is -0.690. The van der Waals surface area contributed by atoms with Crippen molar-refractivity contribution in [1.82, 2.24) is 0 Å². The Labute approximate surface area is 96.8 Å². The van der Waals surface area contributed by atoms with Crippen LogP contribution in [0.4, 0.5) is 5.69 Å². The van der Waals surface area contributed by atoms with Crippen LogP contribution in [0.3, 0.4) is 0 Å². The van der Waals surface area contributed by atoms with E-state index < -0.39 is 0 Å². The Morgan fingerprint density at radius 2 is 2.13 bits per heavy atom. The van der Waals surface area contributed by atoms with Crippen LogP contribution in [0.1, 0.15) is 31.7 Å². The average Bonchev–Trinajstić information content (AvgIpc) is 2.56. The van der Waals surface area contributed by atoms with Gasteiger partial charge in [-0.15, -0.1) is 0 Å². The molecule has 1 aliphatic rings. The van der Waals surface area contributed by atoms with Crippen molar-refractivity contribution in [3.63, 3.8) is 0 Å². The number of anilines is 1. The summed E-state index contributed by atoms with van der Waals surface area (Å²) >= 11 is 5.93. The van der Waals surface area contributed by atoms with E-state index in [2.05, 4.69) is 25.2 Å². The molecule has 1 aromatic rings. The second-order valence-electron chi connectivity index (χ2n) is 4.72. The first-order chi connectivity index (χ1) is 7.15. The van der Waals surface area contributed by atoms with Gasteiger partial charge in [0.15, 0.2) is 0 Å². The van der Waals surface area contributed by atoms with Gasteiger partial charge in [-0.2, -0.15) is 0 Å². The summed E-state index contributed by atoms with van der Waals surface area (Å²) in [4.78, 5) is 0. The number of benzene rings is 1. The molecule has 1 aromatic carbocycles. The molecule has 15 heavy (non-hydrogen) atoms. The molecule has 0 aliphatic heterocycles. The van der Waals surface area contributed by atoms with E-state index in [4.69, 9.17) is 11.6 Å². The molecule has 2 atom stereocenters. The summed E-state index contributed by atoms with van der Waals surface area (Å²) < 4.78 is 0. The first kappa shape index (κ1) is 10.8. The number of hydrogen-bond donors (Lipinski definition) is 1. The van der Waals surface area contributed by atoms with Crippen LogP contribution >= 0.6 is 11.6 Å². The van der Waals surface area contributed by atoms with Gasteiger partial charge in [0, 0.05) is 16.8 Å². The molecule has 1 aliphatic carbocycles. The molecule has 1 fully saturated rings. The third-order valence-corrected chi connectivity index (χ3v) is 3.48. The van der Waals surface area contributed by atoms with Crippen molar-refractivity contribution in [2.24, 2.45) is 5.92 Å². The molecule has 0 radical (unpaired) electrons. The quantitative estimate of drug-likeness (QED) is 0.791. The molecule has 2 rings (SSSR count). The van der Waals surface area contributed by atoms with E-state index >= 15 is 0 Å². The van der Waals surface area contributed by atoms with Crippen LogP contribution in [0.25, 0.3) is 0 Å². The molecule has 0 spiro atoms. The van der Waals surface area contributed by atoms with Gasteiger partial charge in [0.25, 0.3) is 0 Å². The lowest BCUT2D eigenvalue weighted by Gasteiger charge is -2.16. The van der Waals surface area contributed by atoms with E-state index in [9.17, 15) is 0 Å². The fraction of sp³-hybridized carbons (Fsp3) is 0.538. The first-order valence-electron chi connectivity index (χ1n) is 5.68. The lowest BCUT2D eigenvalue weighted by atomic mass is 10.1. The van der Waals surface area contributed by atoms with Crippen LogP contribution in [-0.2, 0) is 0 Å². The molecule has 0 aromatic heterocycles. The van der Waals surface area contributed by atoms with Crippen LogP contribution in [0.5, 0.6) is 0 Å². The highest BCUT2D eigenvalue weighted by atomic mass is 35.5. The SMILES string of the molecule is Cc1cc(Cl)ccc1NC1CCC(C)C1. The van der Waals surface area contributed by atoms with Gasteiger partial charge < -0.3 is 5.32 Å². The molecule has 1 saturated carbocycles. The molecule has 2 heteroatoms. The van der Waals surface area contributed by atoms with Gasteiger partial charge in [-0.25, -0.2) is 0 Å². The van der Waals surface area contributed by atoms with Gasteiger partial charge in [0.1, 0.15) is 0 Å². The summed E-state index contributed by atoms with van der Waals surface area (Å²) in [5, 5.41) is 4.43. The van der Waals surface area contributed by atoms with Crippen LogP contribution < -0.4 is 5.32 Å². The highest BCUT2D eigenvalue weighted by Crippen LogP contribution is 2.29. The maximum absolute atomic E-state index is 5.93. The summed E-state index contributed by atoms with van der Waals surface area (Å²) in [7, 11) is 0. The van der Waals surface area contributed by atoms with Crippen LogP contribution in [0, 0.1) is 12.8 Å². The minimum absolute atomic E-state index is 0.653. The van der Waals surface area contributed by atoms with Gasteiger partial charge in [-0.3, -0.25) is 0 Å². The molecule has 1 N–H and O–H groups in total. The van der Waals surface area contributed by atoms with Crippen molar-refractivity contribution in [1.29, 1.82) is 0 Å². The van der Waals surface area contributed by atoms with E-state index in [1.165, 1.54) is 30.5 Å². The summed E-state index contributed by atoms with van der Waals surface area (Å²) in [5.41, 5.74) is 2.47. The van der Waals surface area contributed by atoms with E-state index in [0.717, 1.165) is 10.9 Å². The van der Waals surface area contributed by atoms with Gasteiger partial charge in [0.05, 0.1) is 0 Å².